The summed E-state index contributed by atoms with van der Waals surface area (Å²) in [6.07, 6.45) is 0. The van der Waals surface area contributed by atoms with E-state index in [9.17, 15) is 27.5 Å². The molecule has 0 aliphatic heterocycles. The van der Waals surface area contributed by atoms with Crippen molar-refractivity contribution in [2.45, 2.75) is 13.8 Å². The van der Waals surface area contributed by atoms with E-state index in [1.165, 1.54) is 31.2 Å². The number of aromatic carboxylic acids is 1. The second-order valence-corrected chi connectivity index (χ2v) is 6.40. The van der Waals surface area contributed by atoms with Crippen LogP contribution in [0.4, 0.5) is 23.2 Å². The SMILES string of the molecule is CC/N=N\c1cc(-c2c(F)c(F)c(-c3ccccc3)c(F)c2F)cc(C(=O)O)c1C. The van der Waals surface area contributed by atoms with Crippen LogP contribution in [0.15, 0.2) is 52.7 Å². The van der Waals surface area contributed by atoms with Crippen LogP contribution < -0.4 is 0 Å². The number of hydrogen-bond acceptors (Lipinski definition) is 3. The summed E-state index contributed by atoms with van der Waals surface area (Å²) in [7, 11) is 0. The maximum atomic E-state index is 14.9. The lowest BCUT2D eigenvalue weighted by atomic mass is 9.94. The normalized spacial score (nSPS) is 11.3. The number of nitrogens with zero attached hydrogens (tertiary/aromatic N) is 2. The summed E-state index contributed by atoms with van der Waals surface area (Å²) >= 11 is 0. The van der Waals surface area contributed by atoms with Gasteiger partial charge in [-0.3, -0.25) is 0 Å². The predicted molar refractivity (Wildman–Crippen MR) is 104 cm³/mol. The molecule has 154 valence electrons. The first kappa shape index (κ1) is 21.2. The third-order valence-corrected chi connectivity index (χ3v) is 4.55. The Hall–Kier alpha value is -3.55. The lowest BCUT2D eigenvalue weighted by Gasteiger charge is -2.14. The number of rotatable bonds is 5. The van der Waals surface area contributed by atoms with Crippen molar-refractivity contribution in [1.82, 2.24) is 0 Å². The molecular formula is C22H16F4N2O2. The maximum Gasteiger partial charge on any atom is 0.336 e. The standard InChI is InChI=1S/C22H16F4N2O2/c1-3-27-28-15-10-13(9-14(11(15)2)22(29)30)17-20(25)18(23)16(19(24)21(17)26)12-7-5-4-6-8-12/h4-10H,3H2,1-2H3,(H,29,30)/b28-27-. The first-order chi connectivity index (χ1) is 14.3. The minimum absolute atomic E-state index is 0.0264. The summed E-state index contributed by atoms with van der Waals surface area (Å²) in [6, 6.07) is 9.26. The fourth-order valence-corrected chi connectivity index (χ4v) is 3.06. The molecule has 0 aliphatic carbocycles. The summed E-state index contributed by atoms with van der Waals surface area (Å²) < 4.78 is 59.4. The topological polar surface area (TPSA) is 62.0 Å². The second kappa shape index (κ2) is 8.44. The molecule has 30 heavy (non-hydrogen) atoms. The van der Waals surface area contributed by atoms with Gasteiger partial charge in [-0.15, -0.1) is 0 Å². The van der Waals surface area contributed by atoms with E-state index < -0.39 is 40.4 Å². The zero-order valence-corrected chi connectivity index (χ0v) is 16.0. The van der Waals surface area contributed by atoms with E-state index in [-0.39, 0.29) is 34.5 Å². The van der Waals surface area contributed by atoms with Crippen molar-refractivity contribution in [2.24, 2.45) is 10.2 Å². The number of halogens is 4. The Labute approximate surface area is 169 Å². The van der Waals surface area contributed by atoms with Gasteiger partial charge in [-0.2, -0.15) is 10.2 Å². The summed E-state index contributed by atoms with van der Waals surface area (Å²) in [5.41, 5.74) is -2.35. The van der Waals surface area contributed by atoms with Crippen LogP contribution in [0.3, 0.4) is 0 Å². The van der Waals surface area contributed by atoms with Gasteiger partial charge in [-0.05, 0) is 42.7 Å². The van der Waals surface area contributed by atoms with Gasteiger partial charge >= 0.3 is 5.97 Å². The Kier molecular flexibility index (Phi) is 5.96. The van der Waals surface area contributed by atoms with Gasteiger partial charge in [0.25, 0.3) is 0 Å². The largest absolute Gasteiger partial charge is 0.478 e. The third-order valence-electron chi connectivity index (χ3n) is 4.55. The number of carboxylic acids is 1. The number of benzene rings is 3. The highest BCUT2D eigenvalue weighted by atomic mass is 19.2. The van der Waals surface area contributed by atoms with Crippen LogP contribution in [-0.4, -0.2) is 17.6 Å². The first-order valence-electron chi connectivity index (χ1n) is 8.95. The fourth-order valence-electron chi connectivity index (χ4n) is 3.06. The zero-order valence-electron chi connectivity index (χ0n) is 16.0. The van der Waals surface area contributed by atoms with Crippen molar-refractivity contribution in [3.8, 4) is 22.3 Å². The van der Waals surface area contributed by atoms with Gasteiger partial charge in [-0.1, -0.05) is 30.3 Å². The van der Waals surface area contributed by atoms with Crippen LogP contribution in [0.1, 0.15) is 22.8 Å². The summed E-state index contributed by atoms with van der Waals surface area (Å²) in [6.45, 7) is 3.42. The molecular weight excluding hydrogens is 400 g/mol. The molecule has 0 unspecified atom stereocenters. The molecule has 4 nitrogen and oxygen atoms in total. The van der Waals surface area contributed by atoms with Crippen molar-refractivity contribution in [3.63, 3.8) is 0 Å². The van der Waals surface area contributed by atoms with Crippen molar-refractivity contribution in [1.29, 1.82) is 0 Å². The predicted octanol–water partition coefficient (Wildman–Crippen LogP) is 6.69. The van der Waals surface area contributed by atoms with E-state index in [1.807, 2.05) is 0 Å². The first-order valence-corrected chi connectivity index (χ1v) is 8.95. The lowest BCUT2D eigenvalue weighted by Crippen LogP contribution is -2.05. The number of carbonyl (C=O) groups is 1. The van der Waals surface area contributed by atoms with Crippen molar-refractivity contribution < 1.29 is 27.5 Å². The van der Waals surface area contributed by atoms with Crippen LogP contribution in [0, 0.1) is 30.2 Å². The molecule has 0 aliphatic rings. The maximum absolute atomic E-state index is 14.9. The van der Waals surface area contributed by atoms with Gasteiger partial charge in [0, 0.05) is 0 Å². The third kappa shape index (κ3) is 3.68. The molecule has 3 aromatic carbocycles. The molecule has 0 radical (unpaired) electrons. The summed E-state index contributed by atoms with van der Waals surface area (Å²) in [4.78, 5) is 11.6. The Morgan fingerprint density at radius 3 is 1.93 bits per heavy atom. The van der Waals surface area contributed by atoms with E-state index >= 15 is 0 Å². The summed E-state index contributed by atoms with van der Waals surface area (Å²) in [5.74, 6) is -7.81. The average molecular weight is 416 g/mol. The highest BCUT2D eigenvalue weighted by Crippen LogP contribution is 2.39. The molecule has 3 rings (SSSR count). The monoisotopic (exact) mass is 416 g/mol. The summed E-state index contributed by atoms with van der Waals surface area (Å²) in [5, 5.41) is 17.0. The van der Waals surface area contributed by atoms with Crippen LogP contribution >= 0.6 is 0 Å². The van der Waals surface area contributed by atoms with Crippen molar-refractivity contribution in [3.05, 3.63) is 76.9 Å². The van der Waals surface area contributed by atoms with Crippen LogP contribution in [0.2, 0.25) is 0 Å². The average Bonchev–Trinajstić information content (AvgIpc) is 2.73. The quantitative estimate of drug-likeness (QED) is 0.286. The molecule has 0 fully saturated rings. The van der Waals surface area contributed by atoms with Gasteiger partial charge in [0.15, 0.2) is 23.3 Å². The van der Waals surface area contributed by atoms with E-state index in [0.717, 1.165) is 12.1 Å². The van der Waals surface area contributed by atoms with E-state index in [2.05, 4.69) is 10.2 Å². The molecule has 0 bridgehead atoms. The lowest BCUT2D eigenvalue weighted by molar-refractivity contribution is 0.0696. The van der Waals surface area contributed by atoms with Gasteiger partial charge < -0.3 is 5.11 Å². The van der Waals surface area contributed by atoms with Gasteiger partial charge in [0.2, 0.25) is 0 Å². The van der Waals surface area contributed by atoms with E-state index in [0.29, 0.717) is 0 Å². The highest BCUT2D eigenvalue weighted by molar-refractivity contribution is 5.93. The number of hydrogen-bond donors (Lipinski definition) is 1. The smallest absolute Gasteiger partial charge is 0.336 e. The zero-order chi connectivity index (χ0) is 22.0. The van der Waals surface area contributed by atoms with E-state index in [4.69, 9.17) is 0 Å². The van der Waals surface area contributed by atoms with Crippen LogP contribution in [0.5, 0.6) is 0 Å². The van der Waals surface area contributed by atoms with E-state index in [1.54, 1.807) is 13.0 Å². The molecule has 0 heterocycles. The number of azo groups is 1. The molecule has 0 spiro atoms. The molecule has 8 heteroatoms. The Morgan fingerprint density at radius 2 is 1.43 bits per heavy atom. The fraction of sp³-hybridized carbons (Fsp3) is 0.136. The Morgan fingerprint density at radius 1 is 0.900 bits per heavy atom. The van der Waals surface area contributed by atoms with Gasteiger partial charge in [0.05, 0.1) is 28.9 Å². The molecule has 0 aromatic heterocycles. The molecule has 1 N–H and O–H groups in total. The molecule has 3 aromatic rings. The molecule has 0 atom stereocenters. The minimum atomic E-state index is -1.63. The van der Waals surface area contributed by atoms with Gasteiger partial charge in [-0.25, -0.2) is 22.4 Å². The molecule has 0 amide bonds. The highest BCUT2D eigenvalue weighted by Gasteiger charge is 2.28. The number of carboxylic acid groups (broad SMARTS) is 1. The van der Waals surface area contributed by atoms with Gasteiger partial charge in [0.1, 0.15) is 0 Å². The Balaban J connectivity index is 2.33. The second-order valence-electron chi connectivity index (χ2n) is 6.40. The van der Waals surface area contributed by atoms with Crippen LogP contribution in [0.25, 0.3) is 22.3 Å². The van der Waals surface area contributed by atoms with Crippen molar-refractivity contribution in [2.75, 3.05) is 6.54 Å². The van der Waals surface area contributed by atoms with Crippen LogP contribution in [-0.2, 0) is 0 Å². The minimum Gasteiger partial charge on any atom is -0.478 e. The molecule has 0 saturated carbocycles. The van der Waals surface area contributed by atoms with Crippen molar-refractivity contribution >= 4 is 11.7 Å². The molecule has 0 saturated heterocycles. The Bertz CT molecular complexity index is 1130.